The zero-order valence-electron chi connectivity index (χ0n) is 21.5. The van der Waals surface area contributed by atoms with Crippen molar-refractivity contribution < 1.29 is 4.79 Å². The van der Waals surface area contributed by atoms with Crippen LogP contribution in [0.2, 0.25) is 10.0 Å². The van der Waals surface area contributed by atoms with Crippen LogP contribution in [-0.2, 0) is 6.42 Å². The van der Waals surface area contributed by atoms with Gasteiger partial charge in [-0.3, -0.25) is 14.2 Å². The van der Waals surface area contributed by atoms with Crippen molar-refractivity contribution in [1.82, 2.24) is 14.5 Å². The first-order chi connectivity index (χ1) is 17.7. The molecule has 0 N–H and O–H groups in total. The molecule has 0 saturated heterocycles. The first-order valence-corrected chi connectivity index (χ1v) is 13.3. The molecule has 1 aromatic heterocycles. The van der Waals surface area contributed by atoms with E-state index < -0.39 is 6.04 Å². The van der Waals surface area contributed by atoms with E-state index in [0.717, 1.165) is 12.8 Å². The largest absolute Gasteiger partial charge is 0.329 e. The Balaban J connectivity index is 1.89. The van der Waals surface area contributed by atoms with Gasteiger partial charge in [-0.05, 0) is 73.7 Å². The Labute approximate surface area is 227 Å². The van der Waals surface area contributed by atoms with Crippen molar-refractivity contribution >= 4 is 40.0 Å². The molecule has 3 aromatic carbocycles. The summed E-state index contributed by atoms with van der Waals surface area (Å²) < 4.78 is 1.64. The summed E-state index contributed by atoms with van der Waals surface area (Å²) in [4.78, 5) is 34.3. The number of aryl methyl sites for hydroxylation is 1. The number of hydrogen-bond donors (Lipinski definition) is 0. The van der Waals surface area contributed by atoms with Crippen LogP contribution in [0.5, 0.6) is 0 Å². The van der Waals surface area contributed by atoms with E-state index in [0.29, 0.717) is 50.5 Å². The Kier molecular flexibility index (Phi) is 8.35. The van der Waals surface area contributed by atoms with E-state index in [1.54, 1.807) is 33.7 Å². The average molecular weight is 537 g/mol. The number of carbonyl (C=O) groups is 1. The Hall–Kier alpha value is -3.15. The lowest BCUT2D eigenvalue weighted by atomic mass is 10.1. The average Bonchev–Trinajstić information content (AvgIpc) is 2.90. The number of para-hydroxylation sites is 1. The second-order valence-corrected chi connectivity index (χ2v) is 10.4. The standard InChI is InChI=1S/C30H31Cl2N3O2/c1-5-21-10-13-23(14-11-21)35-28(33-27-9-7-6-8-24(27)30(35)37)20(4)34(17-16-19(2)3)29(36)22-12-15-25(31)26(32)18-22/h6-15,18-20H,5,16-17H2,1-4H3. The van der Waals surface area contributed by atoms with Crippen molar-refractivity contribution in [3.63, 3.8) is 0 Å². The summed E-state index contributed by atoms with van der Waals surface area (Å²) in [5, 5.41) is 1.24. The predicted octanol–water partition coefficient (Wildman–Crippen LogP) is 7.50. The predicted molar refractivity (Wildman–Crippen MR) is 152 cm³/mol. The van der Waals surface area contributed by atoms with Gasteiger partial charge in [0.15, 0.2) is 0 Å². The molecule has 0 spiro atoms. The number of hydrogen-bond acceptors (Lipinski definition) is 3. The minimum Gasteiger partial charge on any atom is -0.329 e. The van der Waals surface area contributed by atoms with Crippen LogP contribution in [0.15, 0.2) is 71.5 Å². The molecule has 1 heterocycles. The van der Waals surface area contributed by atoms with Crippen LogP contribution in [0.1, 0.15) is 61.9 Å². The molecule has 1 unspecified atom stereocenters. The molecule has 5 nitrogen and oxygen atoms in total. The topological polar surface area (TPSA) is 55.2 Å². The summed E-state index contributed by atoms with van der Waals surface area (Å²) in [6.07, 6.45) is 1.69. The lowest BCUT2D eigenvalue weighted by molar-refractivity contribution is 0.0671. The SMILES string of the molecule is CCc1ccc(-n2c(C(C)N(CCC(C)C)C(=O)c3ccc(Cl)c(Cl)c3)nc3ccccc3c2=O)cc1. The molecule has 0 fully saturated rings. The van der Waals surface area contributed by atoms with Crippen molar-refractivity contribution in [3.8, 4) is 5.69 Å². The molecule has 0 saturated carbocycles. The fraction of sp³-hybridized carbons (Fsp3) is 0.300. The molecule has 37 heavy (non-hydrogen) atoms. The molecular weight excluding hydrogens is 505 g/mol. The highest BCUT2D eigenvalue weighted by atomic mass is 35.5. The zero-order valence-corrected chi connectivity index (χ0v) is 23.1. The Morgan fingerprint density at radius 1 is 0.973 bits per heavy atom. The number of halogens is 2. The van der Waals surface area contributed by atoms with Crippen LogP contribution in [-0.4, -0.2) is 26.9 Å². The molecule has 0 bridgehead atoms. The lowest BCUT2D eigenvalue weighted by Crippen LogP contribution is -2.38. The summed E-state index contributed by atoms with van der Waals surface area (Å²) in [6.45, 7) is 8.74. The van der Waals surface area contributed by atoms with Crippen LogP contribution in [0.25, 0.3) is 16.6 Å². The molecule has 4 rings (SSSR count). The zero-order chi connectivity index (χ0) is 26.7. The number of nitrogens with zero attached hydrogens (tertiary/aromatic N) is 3. The normalized spacial score (nSPS) is 12.2. The number of aromatic nitrogens is 2. The Morgan fingerprint density at radius 3 is 2.32 bits per heavy atom. The van der Waals surface area contributed by atoms with E-state index in [1.807, 2.05) is 49.4 Å². The summed E-state index contributed by atoms with van der Waals surface area (Å²) in [6, 6.07) is 19.6. The van der Waals surface area contributed by atoms with Gasteiger partial charge in [-0.25, -0.2) is 4.98 Å². The molecule has 0 radical (unpaired) electrons. The van der Waals surface area contributed by atoms with Gasteiger partial charge in [0.05, 0.1) is 32.7 Å². The van der Waals surface area contributed by atoms with Crippen LogP contribution >= 0.6 is 23.2 Å². The smallest absolute Gasteiger partial charge is 0.266 e. The first kappa shape index (κ1) is 26.9. The maximum absolute atomic E-state index is 13.8. The highest BCUT2D eigenvalue weighted by Crippen LogP contribution is 2.28. The maximum Gasteiger partial charge on any atom is 0.266 e. The third-order valence-electron chi connectivity index (χ3n) is 6.62. The maximum atomic E-state index is 13.8. The number of benzene rings is 3. The van der Waals surface area contributed by atoms with Crippen molar-refractivity contribution in [2.45, 2.75) is 46.6 Å². The van der Waals surface area contributed by atoms with Gasteiger partial charge in [0.2, 0.25) is 0 Å². The van der Waals surface area contributed by atoms with Crippen LogP contribution < -0.4 is 5.56 Å². The first-order valence-electron chi connectivity index (χ1n) is 12.6. The molecule has 4 aromatic rings. The van der Waals surface area contributed by atoms with Gasteiger partial charge in [0.1, 0.15) is 5.82 Å². The third kappa shape index (κ3) is 5.73. The summed E-state index contributed by atoms with van der Waals surface area (Å²) in [7, 11) is 0. The quantitative estimate of drug-likeness (QED) is 0.234. The molecular formula is C30H31Cl2N3O2. The van der Waals surface area contributed by atoms with E-state index in [9.17, 15) is 9.59 Å². The van der Waals surface area contributed by atoms with Crippen molar-refractivity contribution in [1.29, 1.82) is 0 Å². The van der Waals surface area contributed by atoms with Crippen LogP contribution in [0.3, 0.4) is 0 Å². The van der Waals surface area contributed by atoms with Gasteiger partial charge in [0.25, 0.3) is 11.5 Å². The van der Waals surface area contributed by atoms with Gasteiger partial charge in [-0.2, -0.15) is 0 Å². The summed E-state index contributed by atoms with van der Waals surface area (Å²) >= 11 is 12.3. The number of fused-ring (bicyclic) bond motifs is 1. The van der Waals surface area contributed by atoms with Crippen LogP contribution in [0.4, 0.5) is 0 Å². The molecule has 192 valence electrons. The molecule has 0 aliphatic rings. The van der Waals surface area contributed by atoms with Crippen molar-refractivity contribution in [2.75, 3.05) is 6.54 Å². The van der Waals surface area contributed by atoms with Crippen molar-refractivity contribution in [2.24, 2.45) is 5.92 Å². The van der Waals surface area contributed by atoms with Gasteiger partial charge in [-0.15, -0.1) is 0 Å². The van der Waals surface area contributed by atoms with Gasteiger partial charge in [-0.1, -0.05) is 68.2 Å². The van der Waals surface area contributed by atoms with Crippen LogP contribution in [0, 0.1) is 5.92 Å². The van der Waals surface area contributed by atoms with E-state index >= 15 is 0 Å². The second-order valence-electron chi connectivity index (χ2n) is 9.63. The molecule has 0 aliphatic carbocycles. The van der Waals surface area contributed by atoms with E-state index in [-0.39, 0.29) is 11.5 Å². The third-order valence-corrected chi connectivity index (χ3v) is 7.36. The summed E-state index contributed by atoms with van der Waals surface area (Å²) in [5.74, 6) is 0.691. The molecule has 1 amide bonds. The Morgan fingerprint density at radius 2 is 1.68 bits per heavy atom. The van der Waals surface area contributed by atoms with E-state index in [1.165, 1.54) is 5.56 Å². The molecule has 1 atom stereocenters. The monoisotopic (exact) mass is 535 g/mol. The number of rotatable bonds is 8. The second kappa shape index (κ2) is 11.5. The van der Waals surface area contributed by atoms with Gasteiger partial charge in [0, 0.05) is 12.1 Å². The fourth-order valence-electron chi connectivity index (χ4n) is 4.36. The minimum atomic E-state index is -0.496. The number of carbonyl (C=O) groups excluding carboxylic acids is 1. The van der Waals surface area contributed by atoms with Gasteiger partial charge < -0.3 is 4.90 Å². The van der Waals surface area contributed by atoms with E-state index in [4.69, 9.17) is 28.2 Å². The number of amides is 1. The summed E-state index contributed by atoms with van der Waals surface area (Å²) in [5.41, 5.74) is 2.76. The minimum absolute atomic E-state index is 0.164. The Bertz CT molecular complexity index is 1480. The highest BCUT2D eigenvalue weighted by molar-refractivity contribution is 6.42. The molecule has 7 heteroatoms. The molecule has 0 aliphatic heterocycles. The lowest BCUT2D eigenvalue weighted by Gasteiger charge is -2.31. The van der Waals surface area contributed by atoms with Crippen molar-refractivity contribution in [3.05, 3.63) is 104 Å². The fourth-order valence-corrected chi connectivity index (χ4v) is 4.66. The highest BCUT2D eigenvalue weighted by Gasteiger charge is 2.28. The van der Waals surface area contributed by atoms with E-state index in [2.05, 4.69) is 20.8 Å². The van der Waals surface area contributed by atoms with Gasteiger partial charge >= 0.3 is 0 Å².